The fourth-order valence-electron chi connectivity index (χ4n) is 1.44. The molecule has 0 aliphatic heterocycles. The normalized spacial score (nSPS) is 14.1. The monoisotopic (exact) mass is 238 g/mol. The van der Waals surface area contributed by atoms with Gasteiger partial charge in [-0.2, -0.15) is 0 Å². The van der Waals surface area contributed by atoms with E-state index in [0.717, 1.165) is 24.7 Å². The van der Waals surface area contributed by atoms with Crippen molar-refractivity contribution in [3.05, 3.63) is 35.9 Å². The van der Waals surface area contributed by atoms with Crippen molar-refractivity contribution in [1.29, 1.82) is 0 Å². The van der Waals surface area contributed by atoms with Crippen molar-refractivity contribution in [1.82, 2.24) is 0 Å². The first-order valence-electron chi connectivity index (χ1n) is 5.83. The van der Waals surface area contributed by atoms with Crippen molar-refractivity contribution in [2.45, 2.75) is 31.8 Å². The van der Waals surface area contributed by atoms with Crippen LogP contribution in [0.2, 0.25) is 0 Å². The van der Waals surface area contributed by atoms with Crippen LogP contribution in [0.15, 0.2) is 30.3 Å². The number of hydrogen-bond acceptors (Lipinski definition) is 3. The summed E-state index contributed by atoms with van der Waals surface area (Å²) in [4.78, 5) is 10.0. The molecule has 96 valence electrons. The zero-order chi connectivity index (χ0) is 12.9. The second-order valence-electron chi connectivity index (χ2n) is 3.88. The lowest BCUT2D eigenvalue weighted by molar-refractivity contribution is 0.112. The SMILES string of the molecule is COC.O=Cc1ccccc1.OC1CCCC1. The van der Waals surface area contributed by atoms with Gasteiger partial charge in [0.1, 0.15) is 6.29 Å². The maximum Gasteiger partial charge on any atom is 0.150 e. The molecule has 1 aromatic carbocycles. The summed E-state index contributed by atoms with van der Waals surface area (Å²) in [6.45, 7) is 0. The molecular formula is C14H22O3. The predicted octanol–water partition coefficient (Wildman–Crippen LogP) is 2.68. The van der Waals surface area contributed by atoms with E-state index in [2.05, 4.69) is 4.74 Å². The highest BCUT2D eigenvalue weighted by atomic mass is 16.4. The molecule has 0 radical (unpaired) electrons. The largest absolute Gasteiger partial charge is 0.393 e. The molecule has 1 N–H and O–H groups in total. The van der Waals surface area contributed by atoms with Crippen LogP contribution in [0.5, 0.6) is 0 Å². The Kier molecular flexibility index (Phi) is 10.5. The van der Waals surface area contributed by atoms with Gasteiger partial charge < -0.3 is 9.84 Å². The summed E-state index contributed by atoms with van der Waals surface area (Å²) in [6.07, 6.45) is 5.44. The number of carbonyl (C=O) groups excluding carboxylic acids is 1. The van der Waals surface area contributed by atoms with E-state index in [4.69, 9.17) is 5.11 Å². The zero-order valence-corrected chi connectivity index (χ0v) is 10.6. The average molecular weight is 238 g/mol. The van der Waals surface area contributed by atoms with Gasteiger partial charge in [-0.25, -0.2) is 0 Å². The molecule has 0 spiro atoms. The molecule has 0 bridgehead atoms. The lowest BCUT2D eigenvalue weighted by Crippen LogP contribution is -1.94. The standard InChI is InChI=1S/C7H6O.C5H10O.C2H6O/c8-6-7-4-2-1-3-5-7;6-5-3-1-2-4-5;1-3-2/h1-6H;5-6H,1-4H2;1-2H3. The summed E-state index contributed by atoms with van der Waals surface area (Å²) in [5, 5.41) is 8.73. The van der Waals surface area contributed by atoms with Crippen LogP contribution in [0.4, 0.5) is 0 Å². The van der Waals surface area contributed by atoms with Crippen molar-refractivity contribution >= 4 is 6.29 Å². The third-order valence-corrected chi connectivity index (χ3v) is 2.26. The second kappa shape index (κ2) is 11.3. The molecule has 3 nitrogen and oxygen atoms in total. The van der Waals surface area contributed by atoms with Crippen LogP contribution in [0, 0.1) is 0 Å². The lowest BCUT2D eigenvalue weighted by atomic mass is 10.2. The maximum absolute atomic E-state index is 10.0. The first-order chi connectivity index (χ1) is 8.24. The van der Waals surface area contributed by atoms with E-state index in [0.29, 0.717) is 0 Å². The molecule has 1 aliphatic rings. The maximum atomic E-state index is 10.0. The number of aliphatic hydroxyl groups is 1. The summed E-state index contributed by atoms with van der Waals surface area (Å²) >= 11 is 0. The van der Waals surface area contributed by atoms with Crippen molar-refractivity contribution < 1.29 is 14.6 Å². The van der Waals surface area contributed by atoms with Crippen LogP contribution in [-0.2, 0) is 4.74 Å². The summed E-state index contributed by atoms with van der Waals surface area (Å²) < 4.78 is 4.25. The Morgan fingerprint density at radius 1 is 1.18 bits per heavy atom. The van der Waals surface area contributed by atoms with Gasteiger partial charge in [-0.15, -0.1) is 0 Å². The summed E-state index contributed by atoms with van der Waals surface area (Å²) in [6, 6.07) is 9.10. The summed E-state index contributed by atoms with van der Waals surface area (Å²) in [5.74, 6) is 0. The van der Waals surface area contributed by atoms with Crippen molar-refractivity contribution in [3.8, 4) is 0 Å². The topological polar surface area (TPSA) is 46.5 Å². The molecular weight excluding hydrogens is 216 g/mol. The van der Waals surface area contributed by atoms with Gasteiger partial charge in [0.15, 0.2) is 0 Å². The predicted molar refractivity (Wildman–Crippen MR) is 69.2 cm³/mol. The Bertz CT molecular complexity index is 266. The van der Waals surface area contributed by atoms with Gasteiger partial charge in [0, 0.05) is 19.8 Å². The van der Waals surface area contributed by atoms with E-state index in [-0.39, 0.29) is 6.10 Å². The second-order valence-corrected chi connectivity index (χ2v) is 3.88. The summed E-state index contributed by atoms with van der Waals surface area (Å²) in [5.41, 5.74) is 0.729. The lowest BCUT2D eigenvalue weighted by Gasteiger charge is -1.91. The highest BCUT2D eigenvalue weighted by Crippen LogP contribution is 2.16. The van der Waals surface area contributed by atoms with E-state index in [1.165, 1.54) is 12.8 Å². The zero-order valence-electron chi connectivity index (χ0n) is 10.6. The molecule has 1 saturated carbocycles. The minimum Gasteiger partial charge on any atom is -0.393 e. The molecule has 3 heteroatoms. The Balaban J connectivity index is 0.000000252. The molecule has 0 heterocycles. The van der Waals surface area contributed by atoms with Crippen molar-refractivity contribution in [3.63, 3.8) is 0 Å². The van der Waals surface area contributed by atoms with Crippen LogP contribution in [0.3, 0.4) is 0 Å². The number of ether oxygens (including phenoxy) is 1. The van der Waals surface area contributed by atoms with E-state index in [1.807, 2.05) is 18.2 Å². The van der Waals surface area contributed by atoms with Gasteiger partial charge in [-0.1, -0.05) is 43.2 Å². The van der Waals surface area contributed by atoms with Crippen LogP contribution in [0.1, 0.15) is 36.0 Å². The highest BCUT2D eigenvalue weighted by Gasteiger charge is 2.09. The average Bonchev–Trinajstić information content (AvgIpc) is 2.83. The molecule has 0 atom stereocenters. The molecule has 2 rings (SSSR count). The van der Waals surface area contributed by atoms with Gasteiger partial charge in [-0.05, 0) is 12.8 Å². The molecule has 0 aromatic heterocycles. The number of carbonyl (C=O) groups is 1. The Labute approximate surface area is 103 Å². The van der Waals surface area contributed by atoms with E-state index >= 15 is 0 Å². The van der Waals surface area contributed by atoms with Gasteiger partial charge in [0.2, 0.25) is 0 Å². The van der Waals surface area contributed by atoms with Crippen LogP contribution in [-0.4, -0.2) is 31.7 Å². The molecule has 0 amide bonds. The van der Waals surface area contributed by atoms with Gasteiger partial charge in [-0.3, -0.25) is 4.79 Å². The van der Waals surface area contributed by atoms with Crippen LogP contribution < -0.4 is 0 Å². The smallest absolute Gasteiger partial charge is 0.150 e. The molecule has 0 saturated heterocycles. The fourth-order valence-corrected chi connectivity index (χ4v) is 1.44. The highest BCUT2D eigenvalue weighted by molar-refractivity contribution is 5.74. The number of benzene rings is 1. The van der Waals surface area contributed by atoms with E-state index in [1.54, 1.807) is 26.4 Å². The number of aliphatic hydroxyl groups excluding tert-OH is 1. The number of rotatable bonds is 1. The number of methoxy groups -OCH3 is 1. The van der Waals surface area contributed by atoms with Crippen molar-refractivity contribution in [2.75, 3.05) is 14.2 Å². The Hall–Kier alpha value is -1.19. The number of hydrogen-bond donors (Lipinski definition) is 1. The minimum absolute atomic E-state index is 0.0463. The van der Waals surface area contributed by atoms with Crippen molar-refractivity contribution in [2.24, 2.45) is 0 Å². The number of aldehydes is 1. The van der Waals surface area contributed by atoms with Gasteiger partial charge >= 0.3 is 0 Å². The van der Waals surface area contributed by atoms with E-state index in [9.17, 15) is 4.79 Å². The quantitative estimate of drug-likeness (QED) is 0.765. The Morgan fingerprint density at radius 2 is 1.65 bits per heavy atom. The molecule has 0 unspecified atom stereocenters. The molecule has 1 aliphatic carbocycles. The summed E-state index contributed by atoms with van der Waals surface area (Å²) in [7, 11) is 3.25. The molecule has 1 aromatic rings. The first kappa shape index (κ1) is 15.8. The fraction of sp³-hybridized carbons (Fsp3) is 0.500. The third kappa shape index (κ3) is 9.72. The molecule has 17 heavy (non-hydrogen) atoms. The minimum atomic E-state index is 0.0463. The third-order valence-electron chi connectivity index (χ3n) is 2.26. The van der Waals surface area contributed by atoms with Crippen LogP contribution in [0.25, 0.3) is 0 Å². The first-order valence-corrected chi connectivity index (χ1v) is 5.83. The molecule has 1 fully saturated rings. The van der Waals surface area contributed by atoms with Gasteiger partial charge in [0.25, 0.3) is 0 Å². The Morgan fingerprint density at radius 3 is 1.88 bits per heavy atom. The van der Waals surface area contributed by atoms with Crippen LogP contribution >= 0.6 is 0 Å². The van der Waals surface area contributed by atoms with Gasteiger partial charge in [0.05, 0.1) is 6.10 Å². The van der Waals surface area contributed by atoms with E-state index < -0.39 is 0 Å².